The summed E-state index contributed by atoms with van der Waals surface area (Å²) in [5.74, 6) is -0.0414. The number of fused-ring (bicyclic) bond motifs is 2. The largest absolute Gasteiger partial charge is 0.349 e. The number of carbonyl (C=O) groups excluding carboxylic acids is 2. The first-order valence-electron chi connectivity index (χ1n) is 10.2. The third-order valence-corrected chi connectivity index (χ3v) is 6.64. The van der Waals surface area contributed by atoms with Crippen molar-refractivity contribution < 1.29 is 9.59 Å². The molecular formula is C22H21IN6O2. The molecule has 3 heterocycles. The van der Waals surface area contributed by atoms with Gasteiger partial charge in [-0.1, -0.05) is 34.7 Å². The van der Waals surface area contributed by atoms with Crippen LogP contribution in [0, 0.1) is 0 Å². The molecule has 1 aliphatic rings. The molecule has 0 saturated heterocycles. The number of carbonyl (C=O) groups is 2. The lowest BCUT2D eigenvalue weighted by Crippen LogP contribution is -2.38. The average Bonchev–Trinajstić information content (AvgIpc) is 3.34. The molecule has 1 saturated carbocycles. The summed E-state index contributed by atoms with van der Waals surface area (Å²) in [6.07, 6.45) is 5.92. The first-order valence-corrected chi connectivity index (χ1v) is 11.7. The summed E-state index contributed by atoms with van der Waals surface area (Å²) >= 11 is 2.34. The van der Waals surface area contributed by atoms with Gasteiger partial charge in [-0.3, -0.25) is 14.3 Å². The van der Waals surface area contributed by atoms with Crippen LogP contribution in [0.2, 0.25) is 0 Å². The van der Waals surface area contributed by atoms with Crippen molar-refractivity contribution in [3.05, 3.63) is 41.7 Å². The van der Waals surface area contributed by atoms with Crippen LogP contribution in [0.3, 0.4) is 0 Å². The summed E-state index contributed by atoms with van der Waals surface area (Å²) in [7, 11) is 1.91. The van der Waals surface area contributed by atoms with Crippen molar-refractivity contribution in [2.45, 2.75) is 36.2 Å². The Hall–Kier alpha value is -2.82. The van der Waals surface area contributed by atoms with E-state index in [9.17, 15) is 9.59 Å². The second-order valence-corrected chi connectivity index (χ2v) is 8.68. The van der Waals surface area contributed by atoms with Crippen LogP contribution in [0.5, 0.6) is 0 Å². The molecule has 3 aromatic heterocycles. The Morgan fingerprint density at radius 3 is 3.06 bits per heavy atom. The van der Waals surface area contributed by atoms with Crippen LogP contribution in [0.4, 0.5) is 0 Å². The van der Waals surface area contributed by atoms with E-state index < -0.39 is 0 Å². The highest BCUT2D eigenvalue weighted by Gasteiger charge is 2.24. The van der Waals surface area contributed by atoms with E-state index in [2.05, 4.69) is 61.2 Å². The highest BCUT2D eigenvalue weighted by molar-refractivity contribution is 14.1. The van der Waals surface area contributed by atoms with Crippen molar-refractivity contribution in [2.75, 3.05) is 0 Å². The summed E-state index contributed by atoms with van der Waals surface area (Å²) in [6, 6.07) is 6.15. The second-order valence-electron chi connectivity index (χ2n) is 7.92. The van der Waals surface area contributed by atoms with Gasteiger partial charge in [0.15, 0.2) is 5.65 Å². The van der Waals surface area contributed by atoms with Gasteiger partial charge in [-0.05, 0) is 24.5 Å². The van der Waals surface area contributed by atoms with Crippen LogP contribution in [0.15, 0.2) is 30.6 Å². The minimum atomic E-state index is -0.241. The molecule has 31 heavy (non-hydrogen) atoms. The van der Waals surface area contributed by atoms with Crippen molar-refractivity contribution in [3.8, 4) is 11.4 Å². The normalized spacial score (nSPS) is 16.8. The van der Waals surface area contributed by atoms with Crippen molar-refractivity contribution in [1.82, 2.24) is 30.0 Å². The molecule has 8 nitrogen and oxygen atoms in total. The van der Waals surface area contributed by atoms with Crippen molar-refractivity contribution in [3.63, 3.8) is 0 Å². The maximum absolute atomic E-state index is 12.9. The lowest BCUT2D eigenvalue weighted by molar-refractivity contribution is -0.120. The van der Waals surface area contributed by atoms with Crippen LogP contribution in [-0.2, 0) is 16.3 Å². The highest BCUT2D eigenvalue weighted by Crippen LogP contribution is 2.29. The molecule has 1 atom stereocenters. The number of nitrogens with zero attached hydrogens (tertiary/aromatic N) is 4. The molecule has 0 aliphatic heterocycles. The molecule has 4 aromatic rings. The lowest BCUT2D eigenvalue weighted by Gasteiger charge is -2.21. The number of aromatic amines is 1. The van der Waals surface area contributed by atoms with E-state index in [-0.39, 0.29) is 17.7 Å². The number of hydrogen-bond acceptors (Lipinski definition) is 5. The molecule has 0 bridgehead atoms. The van der Waals surface area contributed by atoms with E-state index in [4.69, 9.17) is 4.98 Å². The molecular weight excluding hydrogens is 507 g/mol. The van der Waals surface area contributed by atoms with E-state index in [1.54, 1.807) is 12.4 Å². The van der Waals surface area contributed by atoms with Gasteiger partial charge in [0.1, 0.15) is 22.7 Å². The molecule has 2 N–H and O–H groups in total. The third kappa shape index (κ3) is 3.71. The Kier molecular flexibility index (Phi) is 5.20. The van der Waals surface area contributed by atoms with Crippen LogP contribution < -0.4 is 5.32 Å². The molecule has 9 heteroatoms. The third-order valence-electron chi connectivity index (χ3n) is 5.76. The van der Waals surface area contributed by atoms with Gasteiger partial charge in [0.05, 0.1) is 17.3 Å². The molecule has 5 rings (SSSR count). The fourth-order valence-corrected chi connectivity index (χ4v) is 4.64. The zero-order valence-electron chi connectivity index (χ0n) is 17.0. The Bertz CT molecular complexity index is 1320. The van der Waals surface area contributed by atoms with Gasteiger partial charge in [0.2, 0.25) is 0 Å². The maximum atomic E-state index is 12.9. The predicted molar refractivity (Wildman–Crippen MR) is 126 cm³/mol. The number of amides is 1. The number of rotatable bonds is 4. The van der Waals surface area contributed by atoms with E-state index in [0.717, 1.165) is 33.9 Å². The Morgan fingerprint density at radius 1 is 1.39 bits per heavy atom. The first kappa shape index (κ1) is 20.1. The summed E-state index contributed by atoms with van der Waals surface area (Å²) < 4.78 is 2.77. The summed E-state index contributed by atoms with van der Waals surface area (Å²) in [6.45, 7) is 0. The molecule has 0 spiro atoms. The summed E-state index contributed by atoms with van der Waals surface area (Å²) in [5, 5.41) is 8.64. The highest BCUT2D eigenvalue weighted by atomic mass is 127. The van der Waals surface area contributed by atoms with Gasteiger partial charge in [0, 0.05) is 41.9 Å². The van der Waals surface area contributed by atoms with Crippen molar-refractivity contribution >= 4 is 56.3 Å². The van der Waals surface area contributed by atoms with Gasteiger partial charge < -0.3 is 10.3 Å². The van der Waals surface area contributed by atoms with Crippen molar-refractivity contribution in [2.24, 2.45) is 7.05 Å². The van der Waals surface area contributed by atoms with Gasteiger partial charge in [-0.25, -0.2) is 9.97 Å². The molecule has 0 radical (unpaired) electrons. The first-order chi connectivity index (χ1) is 15.0. The smallest absolute Gasteiger partial charge is 0.255 e. The number of halogens is 1. The predicted octanol–water partition coefficient (Wildman–Crippen LogP) is 3.69. The topological polar surface area (TPSA) is 106 Å². The standard InChI is InChI=1S/C22H21IN6O2/c1-29-18-7-12(9-23)5-6-15(18)19(28-29)17-11-25-21-20(27-17)16(10-24-21)22(31)26-13-3-2-4-14(30)8-13/h5-7,10-11,13H,2-4,8-9H2,1H3,(H,24,25)(H,26,31). The minimum Gasteiger partial charge on any atom is -0.349 e. The quantitative estimate of drug-likeness (QED) is 0.311. The van der Waals surface area contributed by atoms with Gasteiger partial charge in [-0.15, -0.1) is 0 Å². The van der Waals surface area contributed by atoms with Crippen LogP contribution in [0.25, 0.3) is 33.5 Å². The van der Waals surface area contributed by atoms with Crippen LogP contribution >= 0.6 is 22.6 Å². The number of aromatic nitrogens is 5. The second kappa shape index (κ2) is 8.03. The molecule has 1 unspecified atom stereocenters. The number of alkyl halides is 1. The number of ketones is 1. The molecule has 158 valence electrons. The van der Waals surface area contributed by atoms with Gasteiger partial charge >= 0.3 is 0 Å². The van der Waals surface area contributed by atoms with E-state index >= 15 is 0 Å². The van der Waals surface area contributed by atoms with Gasteiger partial charge in [0.25, 0.3) is 5.91 Å². The zero-order valence-corrected chi connectivity index (χ0v) is 19.1. The summed E-state index contributed by atoms with van der Waals surface area (Å²) in [4.78, 5) is 36.8. The van der Waals surface area contributed by atoms with Crippen LogP contribution in [-0.4, -0.2) is 42.5 Å². The molecule has 1 aliphatic carbocycles. The fourth-order valence-electron chi connectivity index (χ4n) is 4.16. The fraction of sp³-hybridized carbons (Fsp3) is 0.318. The lowest BCUT2D eigenvalue weighted by atomic mass is 9.94. The molecule has 1 amide bonds. The number of hydrogen-bond donors (Lipinski definition) is 2. The van der Waals surface area contributed by atoms with Crippen LogP contribution in [0.1, 0.15) is 41.6 Å². The SMILES string of the molecule is Cn1nc(-c2cnc3[nH]cc(C(=O)NC4CCCC(=O)C4)c3n2)c2ccc(CI)cc21. The molecule has 1 fully saturated rings. The zero-order chi connectivity index (χ0) is 21.5. The Balaban J connectivity index is 1.51. The van der Waals surface area contributed by atoms with Crippen molar-refractivity contribution in [1.29, 1.82) is 0 Å². The number of Topliss-reactive ketones (excluding diaryl/α,β-unsaturated/α-hetero) is 1. The monoisotopic (exact) mass is 528 g/mol. The van der Waals surface area contributed by atoms with E-state index in [1.807, 2.05) is 11.7 Å². The number of H-pyrrole nitrogens is 1. The van der Waals surface area contributed by atoms with E-state index in [0.29, 0.717) is 35.3 Å². The number of benzene rings is 1. The Labute approximate surface area is 192 Å². The minimum absolute atomic E-state index is 0.123. The Morgan fingerprint density at radius 2 is 2.26 bits per heavy atom. The number of aryl methyl sites for hydroxylation is 1. The van der Waals surface area contributed by atoms with Gasteiger partial charge in [-0.2, -0.15) is 5.10 Å². The number of nitrogens with one attached hydrogen (secondary N) is 2. The maximum Gasteiger partial charge on any atom is 0.255 e. The summed E-state index contributed by atoms with van der Waals surface area (Å²) in [5.41, 5.74) is 5.07. The molecule has 1 aromatic carbocycles. The van der Waals surface area contributed by atoms with E-state index in [1.165, 1.54) is 5.56 Å². The average molecular weight is 528 g/mol.